The van der Waals surface area contributed by atoms with E-state index in [0.29, 0.717) is 10.9 Å². The van der Waals surface area contributed by atoms with Crippen LogP contribution in [-0.4, -0.2) is 21.9 Å². The van der Waals surface area contributed by atoms with Gasteiger partial charge >= 0.3 is 0 Å². The maximum Gasteiger partial charge on any atom is 0.269 e. The number of anilines is 3. The summed E-state index contributed by atoms with van der Waals surface area (Å²) in [6.45, 7) is 0. The lowest BCUT2D eigenvalue weighted by molar-refractivity contribution is -0.384. The third-order valence-electron chi connectivity index (χ3n) is 2.67. The number of nitrogen functional groups attached to an aromatic ring is 2. The number of hydrogen-bond donors (Lipinski definition) is 3. The molecule has 110 valence electrons. The van der Waals surface area contributed by atoms with E-state index in [4.69, 9.17) is 11.5 Å². The summed E-state index contributed by atoms with van der Waals surface area (Å²) in [6.07, 6.45) is 0. The second-order valence-electron chi connectivity index (χ2n) is 4.14. The Kier molecular flexibility index (Phi) is 4.43. The Morgan fingerprint density at radius 3 is 2.52 bits per heavy atom. The molecular formula is C12H14N6O2S. The third kappa shape index (κ3) is 3.72. The van der Waals surface area contributed by atoms with E-state index in [1.165, 1.54) is 30.0 Å². The fraction of sp³-hybridized carbons (Fsp3) is 0.167. The average molecular weight is 306 g/mol. The summed E-state index contributed by atoms with van der Waals surface area (Å²) >= 11 is 1.31. The zero-order valence-electron chi connectivity index (χ0n) is 11.2. The van der Waals surface area contributed by atoms with Gasteiger partial charge in [0, 0.05) is 36.7 Å². The summed E-state index contributed by atoms with van der Waals surface area (Å²) in [5.74, 6) is 1.04. The highest BCUT2D eigenvalue weighted by molar-refractivity contribution is 7.98. The SMILES string of the molecule is CNc1ccc([N+](=O)[O-])cc1CSc1nc(N)cc(N)n1. The molecule has 0 radical (unpaired) electrons. The molecule has 1 aromatic carbocycles. The molecule has 0 amide bonds. The predicted octanol–water partition coefficient (Wildman–Crippen LogP) is 1.88. The second kappa shape index (κ2) is 6.27. The molecule has 0 saturated heterocycles. The number of nitro groups is 1. The van der Waals surface area contributed by atoms with Crippen LogP contribution in [0.3, 0.4) is 0 Å². The molecule has 5 N–H and O–H groups in total. The Hall–Kier alpha value is -2.55. The van der Waals surface area contributed by atoms with E-state index in [-0.39, 0.29) is 17.3 Å². The molecule has 0 aliphatic heterocycles. The number of benzene rings is 1. The number of nitrogens with zero attached hydrogens (tertiary/aromatic N) is 3. The number of nitro benzene ring substituents is 1. The van der Waals surface area contributed by atoms with Crippen molar-refractivity contribution in [1.29, 1.82) is 0 Å². The first-order valence-electron chi connectivity index (χ1n) is 5.97. The van der Waals surface area contributed by atoms with Gasteiger partial charge in [-0.25, -0.2) is 9.97 Å². The van der Waals surface area contributed by atoms with E-state index in [0.717, 1.165) is 11.3 Å². The summed E-state index contributed by atoms with van der Waals surface area (Å²) in [6, 6.07) is 6.11. The molecule has 0 unspecified atom stereocenters. The Balaban J connectivity index is 2.21. The van der Waals surface area contributed by atoms with Gasteiger partial charge in [-0.3, -0.25) is 10.1 Å². The highest BCUT2D eigenvalue weighted by Gasteiger charge is 2.11. The van der Waals surface area contributed by atoms with Crippen molar-refractivity contribution in [3.05, 3.63) is 39.9 Å². The molecule has 9 heteroatoms. The summed E-state index contributed by atoms with van der Waals surface area (Å²) < 4.78 is 0. The van der Waals surface area contributed by atoms with Gasteiger partial charge in [0.05, 0.1) is 4.92 Å². The first-order chi connectivity index (χ1) is 9.99. The van der Waals surface area contributed by atoms with Crippen LogP contribution in [0.5, 0.6) is 0 Å². The quantitative estimate of drug-likeness (QED) is 0.330. The highest BCUT2D eigenvalue weighted by Crippen LogP contribution is 2.28. The molecule has 0 saturated carbocycles. The zero-order chi connectivity index (χ0) is 15.4. The first-order valence-corrected chi connectivity index (χ1v) is 6.96. The number of rotatable bonds is 5. The van der Waals surface area contributed by atoms with Crippen molar-refractivity contribution >= 4 is 34.8 Å². The van der Waals surface area contributed by atoms with E-state index in [9.17, 15) is 10.1 Å². The van der Waals surface area contributed by atoms with Crippen molar-refractivity contribution < 1.29 is 4.92 Å². The van der Waals surface area contributed by atoms with E-state index >= 15 is 0 Å². The lowest BCUT2D eigenvalue weighted by Crippen LogP contribution is -2.00. The van der Waals surface area contributed by atoms with Gasteiger partial charge in [-0.1, -0.05) is 11.8 Å². The average Bonchev–Trinajstić information content (AvgIpc) is 2.43. The number of nitrogens with one attached hydrogen (secondary N) is 1. The summed E-state index contributed by atoms with van der Waals surface area (Å²) in [5.41, 5.74) is 12.8. The Morgan fingerprint density at radius 1 is 1.29 bits per heavy atom. The number of thioether (sulfide) groups is 1. The van der Waals surface area contributed by atoms with Gasteiger partial charge in [-0.15, -0.1) is 0 Å². The first kappa shape index (κ1) is 14.9. The number of hydrogen-bond acceptors (Lipinski definition) is 8. The minimum atomic E-state index is -0.428. The van der Waals surface area contributed by atoms with Crippen molar-refractivity contribution in [1.82, 2.24) is 9.97 Å². The lowest BCUT2D eigenvalue weighted by atomic mass is 10.2. The number of non-ortho nitro benzene ring substituents is 1. The molecule has 1 aromatic heterocycles. The summed E-state index contributed by atoms with van der Waals surface area (Å²) in [4.78, 5) is 18.5. The van der Waals surface area contributed by atoms with Crippen LogP contribution in [0.1, 0.15) is 5.56 Å². The Labute approximate surface area is 125 Å². The molecule has 2 rings (SSSR count). The fourth-order valence-corrected chi connectivity index (χ4v) is 2.59. The molecule has 2 aromatic rings. The van der Waals surface area contributed by atoms with Crippen LogP contribution in [0.25, 0.3) is 0 Å². The predicted molar refractivity (Wildman–Crippen MR) is 83.1 cm³/mol. The van der Waals surface area contributed by atoms with Crippen molar-refractivity contribution in [3.63, 3.8) is 0 Å². The monoisotopic (exact) mass is 306 g/mol. The summed E-state index contributed by atoms with van der Waals surface area (Å²) in [7, 11) is 1.75. The van der Waals surface area contributed by atoms with Crippen LogP contribution in [0.4, 0.5) is 23.0 Å². The van der Waals surface area contributed by atoms with Gasteiger partial charge in [-0.2, -0.15) is 0 Å². The lowest BCUT2D eigenvalue weighted by Gasteiger charge is -2.08. The maximum absolute atomic E-state index is 10.8. The minimum absolute atomic E-state index is 0.0395. The molecule has 21 heavy (non-hydrogen) atoms. The van der Waals surface area contributed by atoms with Crippen LogP contribution >= 0.6 is 11.8 Å². The Bertz CT molecular complexity index is 659. The molecule has 1 heterocycles. The molecule has 0 fully saturated rings. The number of aromatic nitrogens is 2. The van der Waals surface area contributed by atoms with E-state index < -0.39 is 4.92 Å². The van der Waals surface area contributed by atoms with Crippen molar-refractivity contribution in [2.45, 2.75) is 10.9 Å². The standard InChI is InChI=1S/C12H14N6O2S/c1-15-9-3-2-8(18(19)20)4-7(9)6-21-12-16-10(13)5-11(14)17-12/h2-5,15H,6H2,1H3,(H4,13,14,16,17). The van der Waals surface area contributed by atoms with Gasteiger partial charge in [0.15, 0.2) is 5.16 Å². The molecular weight excluding hydrogens is 292 g/mol. The van der Waals surface area contributed by atoms with Gasteiger partial charge in [0.2, 0.25) is 0 Å². The van der Waals surface area contributed by atoms with Gasteiger partial charge in [0.1, 0.15) is 11.6 Å². The molecule has 0 aliphatic rings. The highest BCUT2D eigenvalue weighted by atomic mass is 32.2. The van der Waals surface area contributed by atoms with Crippen molar-refractivity contribution in [3.8, 4) is 0 Å². The van der Waals surface area contributed by atoms with Gasteiger partial charge in [0.25, 0.3) is 5.69 Å². The topological polar surface area (TPSA) is 133 Å². The molecule has 0 aliphatic carbocycles. The maximum atomic E-state index is 10.8. The smallest absolute Gasteiger partial charge is 0.269 e. The largest absolute Gasteiger partial charge is 0.388 e. The van der Waals surface area contributed by atoms with Gasteiger partial charge < -0.3 is 16.8 Å². The van der Waals surface area contributed by atoms with Crippen LogP contribution in [0.2, 0.25) is 0 Å². The minimum Gasteiger partial charge on any atom is -0.388 e. The van der Waals surface area contributed by atoms with Crippen LogP contribution < -0.4 is 16.8 Å². The molecule has 0 spiro atoms. The Morgan fingerprint density at radius 2 is 1.95 bits per heavy atom. The molecule has 0 atom stereocenters. The van der Waals surface area contributed by atoms with E-state index in [1.54, 1.807) is 13.1 Å². The van der Waals surface area contributed by atoms with Crippen LogP contribution in [0, 0.1) is 10.1 Å². The van der Waals surface area contributed by atoms with E-state index in [1.807, 2.05) is 0 Å². The summed E-state index contributed by atoms with van der Waals surface area (Å²) in [5, 5.41) is 14.3. The van der Waals surface area contributed by atoms with Crippen LogP contribution in [0.15, 0.2) is 29.4 Å². The second-order valence-corrected chi connectivity index (χ2v) is 5.08. The molecule has 8 nitrogen and oxygen atoms in total. The normalized spacial score (nSPS) is 10.3. The fourth-order valence-electron chi connectivity index (χ4n) is 1.73. The van der Waals surface area contributed by atoms with E-state index in [2.05, 4.69) is 15.3 Å². The van der Waals surface area contributed by atoms with Crippen molar-refractivity contribution in [2.75, 3.05) is 23.8 Å². The number of nitrogens with two attached hydrogens (primary N) is 2. The van der Waals surface area contributed by atoms with Crippen molar-refractivity contribution in [2.24, 2.45) is 0 Å². The van der Waals surface area contributed by atoms with Gasteiger partial charge in [-0.05, 0) is 11.6 Å². The van der Waals surface area contributed by atoms with Crippen LogP contribution in [-0.2, 0) is 5.75 Å². The molecule has 0 bridgehead atoms. The zero-order valence-corrected chi connectivity index (χ0v) is 12.1. The third-order valence-corrected chi connectivity index (χ3v) is 3.57.